The number of fused-ring (bicyclic) bond motifs is 2. The monoisotopic (exact) mass is 1000 g/mol. The number of ketones is 2. The van der Waals surface area contributed by atoms with Crippen LogP contribution >= 0.6 is 15.9 Å². The Kier molecular flexibility index (Phi) is 16.4. The second-order valence-electron chi connectivity index (χ2n) is 15.5. The Morgan fingerprint density at radius 1 is 0.677 bits per heavy atom. The van der Waals surface area contributed by atoms with Crippen LogP contribution in [0, 0.1) is 23.3 Å². The Hall–Kier alpha value is -5.38. The second-order valence-corrected chi connectivity index (χ2v) is 20.1. The van der Waals surface area contributed by atoms with Gasteiger partial charge in [-0.15, -0.1) is 0 Å². The third-order valence-corrected chi connectivity index (χ3v) is 13.9. The summed E-state index contributed by atoms with van der Waals surface area (Å²) >= 11 is 3.23. The zero-order valence-corrected chi connectivity index (χ0v) is 38.9. The molecule has 5 N–H and O–H groups in total. The summed E-state index contributed by atoms with van der Waals surface area (Å²) in [4.78, 5) is 42.2. The molecule has 2 fully saturated rings. The number of benzene rings is 2. The summed E-state index contributed by atoms with van der Waals surface area (Å²) in [5.74, 6) is -6.93. The summed E-state index contributed by atoms with van der Waals surface area (Å²) < 4.78 is 111. The lowest BCUT2D eigenvalue weighted by Crippen LogP contribution is -2.29. The van der Waals surface area contributed by atoms with Crippen molar-refractivity contribution < 1.29 is 44.0 Å². The highest BCUT2D eigenvalue weighted by Gasteiger charge is 2.28. The van der Waals surface area contributed by atoms with Gasteiger partial charge in [-0.3, -0.25) is 19.0 Å². The molecule has 21 heteroatoms. The molecule has 0 saturated carbocycles. The van der Waals surface area contributed by atoms with Crippen molar-refractivity contribution in [1.82, 2.24) is 25.3 Å². The maximum atomic E-state index is 15.1. The molecule has 0 spiro atoms. The molecule has 8 rings (SSSR count). The Morgan fingerprint density at radius 3 is 1.58 bits per heavy atom. The lowest BCUT2D eigenvalue weighted by molar-refractivity contribution is 0.102. The first-order chi connectivity index (χ1) is 31.0. The number of piperidine rings is 2. The van der Waals surface area contributed by atoms with Gasteiger partial charge in [0.2, 0.25) is 31.6 Å². The fourth-order valence-electron chi connectivity index (χ4n) is 7.40. The number of aromatic nitrogens is 4. The molecule has 2 aromatic carbocycles. The number of hydrogen-bond acceptors (Lipinski definition) is 10. The van der Waals surface area contributed by atoms with Crippen LogP contribution in [0.25, 0.3) is 22.1 Å². The quantitative estimate of drug-likeness (QED) is 0.0550. The van der Waals surface area contributed by atoms with Crippen molar-refractivity contribution in [2.45, 2.75) is 65.2 Å². The number of pyridine rings is 2. The van der Waals surface area contributed by atoms with Gasteiger partial charge in [0.15, 0.2) is 11.6 Å². The number of rotatable bonds is 13. The van der Waals surface area contributed by atoms with E-state index in [0.29, 0.717) is 39.4 Å². The minimum Gasteiger partial charge on any atom is -0.370 e. The van der Waals surface area contributed by atoms with Crippen LogP contribution in [0.15, 0.2) is 65.7 Å². The number of hydrogen-bond donors (Lipinski definition) is 5. The number of nitrogens with one attached hydrogen (secondary N) is 5. The van der Waals surface area contributed by atoms with Crippen LogP contribution in [-0.2, 0) is 20.0 Å². The van der Waals surface area contributed by atoms with Crippen LogP contribution in [0.3, 0.4) is 0 Å². The number of sulfonamides is 2. The molecule has 6 aromatic rings. The number of nitrogens with zero attached hydrogens (tertiary/aromatic N) is 3. The fraction of sp³-hybridized carbons (Fsp3) is 0.364. The van der Waals surface area contributed by atoms with Gasteiger partial charge in [0.25, 0.3) is 0 Å². The van der Waals surface area contributed by atoms with Crippen molar-refractivity contribution >= 4 is 86.7 Å². The molecule has 348 valence electrons. The van der Waals surface area contributed by atoms with Gasteiger partial charge in [-0.1, -0.05) is 20.3 Å². The summed E-state index contributed by atoms with van der Waals surface area (Å²) in [5, 5.41) is 4.12. The first-order valence-corrected chi connectivity index (χ1v) is 25.3. The van der Waals surface area contributed by atoms with E-state index >= 15 is 4.39 Å². The number of carbonyl (C=O) groups excluding carboxylic acids is 2. The van der Waals surface area contributed by atoms with E-state index in [9.17, 15) is 39.6 Å². The summed E-state index contributed by atoms with van der Waals surface area (Å²) in [6.07, 6.45) is 14.0. The van der Waals surface area contributed by atoms with Crippen molar-refractivity contribution in [3.05, 3.63) is 111 Å². The molecular formula is C44H49BrF4N8O6S2. The number of aromatic amines is 2. The van der Waals surface area contributed by atoms with Crippen LogP contribution < -0.4 is 19.7 Å². The van der Waals surface area contributed by atoms with E-state index in [4.69, 9.17) is 0 Å². The van der Waals surface area contributed by atoms with Crippen LogP contribution in [0.4, 0.5) is 34.6 Å². The average molecular weight is 1010 g/mol. The van der Waals surface area contributed by atoms with Crippen molar-refractivity contribution in [3.8, 4) is 0 Å². The summed E-state index contributed by atoms with van der Waals surface area (Å²) in [6, 6.07) is 7.04. The first-order valence-electron chi connectivity index (χ1n) is 21.2. The largest absolute Gasteiger partial charge is 0.370 e. The van der Waals surface area contributed by atoms with Gasteiger partial charge in [-0.05, 0) is 110 Å². The lowest BCUT2D eigenvalue weighted by Gasteiger charge is -2.28. The van der Waals surface area contributed by atoms with Gasteiger partial charge in [0, 0.05) is 58.1 Å². The fourth-order valence-corrected chi connectivity index (χ4v) is 9.99. The van der Waals surface area contributed by atoms with E-state index < -0.39 is 77.4 Å². The average Bonchev–Trinajstić information content (AvgIpc) is 3.91. The Bertz CT molecular complexity index is 2890. The predicted molar refractivity (Wildman–Crippen MR) is 248 cm³/mol. The molecule has 0 amide bonds. The van der Waals surface area contributed by atoms with Gasteiger partial charge in [0.05, 0.1) is 45.9 Å². The Morgan fingerprint density at radius 2 is 1.14 bits per heavy atom. The van der Waals surface area contributed by atoms with E-state index in [0.717, 1.165) is 62.3 Å². The lowest BCUT2D eigenvalue weighted by atomic mass is 10.0. The van der Waals surface area contributed by atoms with E-state index in [2.05, 4.69) is 55.5 Å². The molecule has 0 atom stereocenters. The predicted octanol–water partition coefficient (Wildman–Crippen LogP) is 8.96. The van der Waals surface area contributed by atoms with Gasteiger partial charge >= 0.3 is 0 Å². The Balaban J connectivity index is 0.000000193. The van der Waals surface area contributed by atoms with Crippen molar-refractivity contribution in [1.29, 1.82) is 0 Å². The molecule has 2 aliphatic heterocycles. The standard InChI is InChI=1S/C22H24F2N4O3S.C17H14BrF2N3O3S.C5H11N/c1-2-10-32(30,31)27-18-7-6-17(23)19(20(18)24)21(29)16-13-26-22-15(16)11-14(12-25-22)28-8-4-3-5-9-28;1-2-5-27(25,26)23-13-4-3-12(19)14(15(13)20)16(24)11-8-22-17-10(11)6-9(18)7-21-17;1-2-4-6-5-3-1/h6-7,11-13,27H,2-5,8-10H2,1H3,(H,25,26);3-4,6-8,23H,2,5H2,1H3,(H,21,22);6H,1-5H2. The van der Waals surface area contributed by atoms with Crippen LogP contribution in [-0.4, -0.2) is 86.0 Å². The van der Waals surface area contributed by atoms with Crippen molar-refractivity contribution in [2.75, 3.05) is 52.0 Å². The zero-order chi connectivity index (χ0) is 46.9. The highest BCUT2D eigenvalue weighted by molar-refractivity contribution is 9.10. The molecule has 14 nitrogen and oxygen atoms in total. The highest BCUT2D eigenvalue weighted by atomic mass is 79.9. The van der Waals surface area contributed by atoms with E-state index in [-0.39, 0.29) is 22.6 Å². The molecule has 2 saturated heterocycles. The normalized spacial score (nSPS) is 14.3. The van der Waals surface area contributed by atoms with Crippen molar-refractivity contribution in [3.63, 3.8) is 0 Å². The maximum Gasteiger partial charge on any atom is 0.232 e. The molecule has 0 radical (unpaired) electrons. The van der Waals surface area contributed by atoms with E-state index in [1.807, 2.05) is 0 Å². The topological polar surface area (TPSA) is 199 Å². The van der Waals surface area contributed by atoms with Gasteiger partial charge < -0.3 is 20.2 Å². The molecule has 0 bridgehead atoms. The second kappa shape index (κ2) is 21.7. The SMILES string of the molecule is C1CCNCC1.CCCS(=O)(=O)Nc1ccc(F)c(C(=O)c2c[nH]c3ncc(Br)cc23)c1F.CCCS(=O)(=O)Nc1ccc(F)c(C(=O)c2c[nH]c3ncc(N4CCCCC4)cc23)c1F. The number of H-pyrrole nitrogens is 2. The maximum absolute atomic E-state index is 15.1. The van der Waals surface area contributed by atoms with Gasteiger partial charge in [-0.25, -0.2) is 44.4 Å². The third kappa shape index (κ3) is 12.1. The summed E-state index contributed by atoms with van der Waals surface area (Å²) in [5.41, 5.74) is -0.867. The van der Waals surface area contributed by atoms with Crippen molar-refractivity contribution in [2.24, 2.45) is 0 Å². The molecule has 65 heavy (non-hydrogen) atoms. The zero-order valence-electron chi connectivity index (χ0n) is 35.7. The minimum atomic E-state index is -3.81. The van der Waals surface area contributed by atoms with Crippen LogP contribution in [0.2, 0.25) is 0 Å². The number of halogens is 5. The first kappa shape index (κ1) is 49.1. The molecule has 6 heterocycles. The summed E-state index contributed by atoms with van der Waals surface area (Å²) in [6.45, 7) is 7.57. The highest BCUT2D eigenvalue weighted by Crippen LogP contribution is 2.31. The molecule has 4 aromatic heterocycles. The van der Waals surface area contributed by atoms with Gasteiger partial charge in [-0.2, -0.15) is 0 Å². The van der Waals surface area contributed by atoms with Gasteiger partial charge in [0.1, 0.15) is 22.9 Å². The number of carbonyl (C=O) groups is 2. The smallest absolute Gasteiger partial charge is 0.232 e. The number of anilines is 3. The molecule has 0 aliphatic carbocycles. The Labute approximate surface area is 382 Å². The molecule has 2 aliphatic rings. The van der Waals surface area contributed by atoms with E-state index in [1.165, 1.54) is 50.9 Å². The van der Waals surface area contributed by atoms with Crippen LogP contribution in [0.1, 0.15) is 97.1 Å². The molecule has 0 unspecified atom stereocenters. The molecular weight excluding hydrogens is 957 g/mol. The van der Waals surface area contributed by atoms with E-state index in [1.54, 1.807) is 32.2 Å². The third-order valence-electron chi connectivity index (χ3n) is 10.5. The minimum absolute atomic E-state index is 0.0187. The summed E-state index contributed by atoms with van der Waals surface area (Å²) in [7, 11) is -7.62. The van der Waals surface area contributed by atoms with Crippen LogP contribution in [0.5, 0.6) is 0 Å².